The van der Waals surface area contributed by atoms with Crippen molar-refractivity contribution < 1.29 is 4.79 Å². The van der Waals surface area contributed by atoms with E-state index in [1.807, 2.05) is 24.3 Å². The molecule has 1 heterocycles. The monoisotopic (exact) mass is 587 g/mol. The molecule has 0 aliphatic heterocycles. The van der Waals surface area contributed by atoms with Gasteiger partial charge in [0.1, 0.15) is 0 Å². The minimum atomic E-state index is -0.514. The highest BCUT2D eigenvalue weighted by atomic mass is 35.5. The third-order valence-corrected chi connectivity index (χ3v) is 6.78. The normalized spacial score (nSPS) is 10.9. The molecule has 13 heteroatoms. The maximum atomic E-state index is 12.7. The summed E-state index contributed by atoms with van der Waals surface area (Å²) < 4.78 is 0. The number of carbonyl (C=O) groups is 1. The van der Waals surface area contributed by atoms with Gasteiger partial charge < -0.3 is 27.1 Å². The fraction of sp³-hybridized carbons (Fsp3) is 0.333. The number of rotatable bonds is 14. The zero-order valence-corrected chi connectivity index (χ0v) is 23.6. The van der Waals surface area contributed by atoms with Crippen LogP contribution in [0.2, 0.25) is 10.0 Å². The second kappa shape index (κ2) is 15.8. The lowest BCUT2D eigenvalue weighted by molar-refractivity contribution is 0.252. The number of urea groups is 1. The molecule has 0 bridgehead atoms. The van der Waals surface area contributed by atoms with E-state index in [1.165, 1.54) is 6.20 Å². The second-order valence-electron chi connectivity index (χ2n) is 9.11. The number of H-pyrrole nitrogens is 1. The number of nitrogens with one attached hydrogen (secondary N) is 5. The van der Waals surface area contributed by atoms with Crippen LogP contribution in [0.25, 0.3) is 11.1 Å². The number of aromatic nitrogens is 2. The van der Waals surface area contributed by atoms with Crippen LogP contribution in [0.5, 0.6) is 0 Å². The van der Waals surface area contributed by atoms with Crippen LogP contribution in [0.15, 0.2) is 53.5 Å². The summed E-state index contributed by atoms with van der Waals surface area (Å²) >= 11 is 12.3. The van der Waals surface area contributed by atoms with E-state index < -0.39 is 11.6 Å². The van der Waals surface area contributed by atoms with Crippen LogP contribution in [-0.2, 0) is 13.0 Å². The molecule has 40 heavy (non-hydrogen) atoms. The van der Waals surface area contributed by atoms with Crippen molar-refractivity contribution in [3.8, 4) is 11.1 Å². The van der Waals surface area contributed by atoms with Crippen LogP contribution in [-0.4, -0.2) is 59.6 Å². The third kappa shape index (κ3) is 9.83. The van der Waals surface area contributed by atoms with Gasteiger partial charge >= 0.3 is 6.03 Å². The largest absolute Gasteiger partial charge is 0.370 e. The molecule has 1 aromatic heterocycles. The number of benzene rings is 2. The predicted octanol–water partition coefficient (Wildman–Crippen LogP) is 3.13. The SMILES string of the molecule is N=C(N)NCCCN(CCCN)Cc1ccc(-c2c[nH]c(NC(=O)NCCc3c(Cl)cccc3Cl)nc2=O)cc1. The van der Waals surface area contributed by atoms with E-state index in [0.717, 1.165) is 43.6 Å². The summed E-state index contributed by atoms with van der Waals surface area (Å²) in [7, 11) is 0. The molecule has 2 aromatic carbocycles. The highest BCUT2D eigenvalue weighted by Gasteiger charge is 2.11. The van der Waals surface area contributed by atoms with Crippen LogP contribution >= 0.6 is 23.2 Å². The van der Waals surface area contributed by atoms with E-state index in [-0.39, 0.29) is 11.9 Å². The van der Waals surface area contributed by atoms with Gasteiger partial charge in [0.05, 0.1) is 5.56 Å². The Morgan fingerprint density at radius 1 is 1.02 bits per heavy atom. The minimum Gasteiger partial charge on any atom is -0.370 e. The highest BCUT2D eigenvalue weighted by Crippen LogP contribution is 2.24. The van der Waals surface area contributed by atoms with Gasteiger partial charge in [0, 0.05) is 42.4 Å². The molecule has 0 saturated carbocycles. The number of carbonyl (C=O) groups excluding carboxylic acids is 1. The summed E-state index contributed by atoms with van der Waals surface area (Å²) in [6.45, 7) is 3.96. The van der Waals surface area contributed by atoms with Crippen molar-refractivity contribution in [2.75, 3.05) is 38.0 Å². The summed E-state index contributed by atoms with van der Waals surface area (Å²) in [5.74, 6) is 0.00412. The Balaban J connectivity index is 1.54. The van der Waals surface area contributed by atoms with E-state index >= 15 is 0 Å². The number of amides is 2. The van der Waals surface area contributed by atoms with Gasteiger partial charge in [0.25, 0.3) is 5.56 Å². The van der Waals surface area contributed by atoms with Gasteiger partial charge in [0.15, 0.2) is 5.96 Å². The number of nitrogens with zero attached hydrogens (tertiary/aromatic N) is 2. The number of guanidine groups is 1. The summed E-state index contributed by atoms with van der Waals surface area (Å²) in [6.07, 6.45) is 3.70. The molecule has 2 amide bonds. The molecule has 214 valence electrons. The average molecular weight is 589 g/mol. The van der Waals surface area contributed by atoms with Crippen molar-refractivity contribution in [1.82, 2.24) is 25.5 Å². The van der Waals surface area contributed by atoms with E-state index in [0.29, 0.717) is 47.2 Å². The maximum Gasteiger partial charge on any atom is 0.321 e. The number of hydrogen-bond acceptors (Lipinski definition) is 6. The number of halogens is 2. The topological polar surface area (TPSA) is 178 Å². The van der Waals surface area contributed by atoms with Crippen LogP contribution in [0.4, 0.5) is 10.7 Å². The molecule has 3 rings (SSSR count). The Labute approximate surface area is 243 Å². The molecule has 0 aliphatic carbocycles. The lowest BCUT2D eigenvalue weighted by Gasteiger charge is -2.22. The number of aromatic amines is 1. The lowest BCUT2D eigenvalue weighted by Crippen LogP contribution is -2.34. The fourth-order valence-electron chi connectivity index (χ4n) is 4.05. The quantitative estimate of drug-likeness (QED) is 0.0859. The van der Waals surface area contributed by atoms with Crippen molar-refractivity contribution in [1.29, 1.82) is 5.41 Å². The van der Waals surface area contributed by atoms with Gasteiger partial charge in [-0.15, -0.1) is 0 Å². The lowest BCUT2D eigenvalue weighted by atomic mass is 10.1. The van der Waals surface area contributed by atoms with Crippen molar-refractivity contribution in [2.45, 2.75) is 25.8 Å². The van der Waals surface area contributed by atoms with Crippen molar-refractivity contribution in [3.63, 3.8) is 0 Å². The van der Waals surface area contributed by atoms with Crippen molar-refractivity contribution >= 4 is 41.1 Å². The molecule has 0 unspecified atom stereocenters. The number of hydrogen-bond donors (Lipinski definition) is 7. The second-order valence-corrected chi connectivity index (χ2v) is 9.92. The standard InChI is InChI=1S/C27H35Cl2N9O2/c28-22-4-1-5-23(29)20(22)10-13-34-27(40)37-26-35-16-21(24(39)36-26)19-8-6-18(7-9-19)17-38(14-2-11-30)15-3-12-33-25(31)32/h1,4-9,16H,2-3,10-15,17,30H2,(H4,31,32,33)(H3,34,35,36,37,39,40). The molecule has 0 radical (unpaired) electrons. The zero-order chi connectivity index (χ0) is 28.9. The Morgan fingerprint density at radius 2 is 1.73 bits per heavy atom. The van der Waals surface area contributed by atoms with Gasteiger partial charge in [0.2, 0.25) is 5.95 Å². The first-order chi connectivity index (χ1) is 19.3. The van der Waals surface area contributed by atoms with Crippen LogP contribution in [0.1, 0.15) is 24.0 Å². The van der Waals surface area contributed by atoms with E-state index in [4.69, 9.17) is 40.1 Å². The summed E-state index contributed by atoms with van der Waals surface area (Å²) in [5.41, 5.74) is 13.5. The van der Waals surface area contributed by atoms with Gasteiger partial charge in [-0.1, -0.05) is 53.5 Å². The Morgan fingerprint density at radius 3 is 2.38 bits per heavy atom. The first-order valence-corrected chi connectivity index (χ1v) is 13.7. The molecule has 9 N–H and O–H groups in total. The first-order valence-electron chi connectivity index (χ1n) is 12.9. The first kappa shape index (κ1) is 30.9. The van der Waals surface area contributed by atoms with Gasteiger partial charge in [-0.3, -0.25) is 20.4 Å². The van der Waals surface area contributed by atoms with E-state index in [9.17, 15) is 9.59 Å². The minimum absolute atomic E-state index is 0.0315. The predicted molar refractivity (Wildman–Crippen MR) is 161 cm³/mol. The molecular formula is C27H35Cl2N9O2. The molecule has 0 atom stereocenters. The van der Waals surface area contributed by atoms with Crippen LogP contribution in [0, 0.1) is 5.41 Å². The third-order valence-electron chi connectivity index (χ3n) is 6.07. The Hall–Kier alpha value is -3.64. The van der Waals surface area contributed by atoms with Gasteiger partial charge in [-0.25, -0.2) is 4.79 Å². The number of anilines is 1. The number of nitrogens with two attached hydrogens (primary N) is 2. The van der Waals surface area contributed by atoms with Crippen molar-refractivity contribution in [3.05, 3.63) is 80.2 Å². The van der Waals surface area contributed by atoms with Gasteiger partial charge in [-0.2, -0.15) is 4.98 Å². The van der Waals surface area contributed by atoms with Crippen LogP contribution < -0.4 is 33.0 Å². The van der Waals surface area contributed by atoms with E-state index in [2.05, 4.69) is 30.8 Å². The molecule has 0 fully saturated rings. The van der Waals surface area contributed by atoms with E-state index in [1.54, 1.807) is 18.2 Å². The Bertz CT molecular complexity index is 1310. The smallest absolute Gasteiger partial charge is 0.321 e. The average Bonchev–Trinajstić information content (AvgIpc) is 2.91. The molecule has 0 aliphatic rings. The molecular weight excluding hydrogens is 553 g/mol. The summed E-state index contributed by atoms with van der Waals surface area (Å²) in [4.78, 5) is 34.1. The fourth-order valence-corrected chi connectivity index (χ4v) is 4.64. The summed E-state index contributed by atoms with van der Waals surface area (Å²) in [6, 6.07) is 12.4. The highest BCUT2D eigenvalue weighted by molar-refractivity contribution is 6.36. The van der Waals surface area contributed by atoms with Gasteiger partial charge in [-0.05, 0) is 61.2 Å². The maximum absolute atomic E-state index is 12.7. The molecule has 11 nitrogen and oxygen atoms in total. The molecule has 3 aromatic rings. The summed E-state index contributed by atoms with van der Waals surface area (Å²) in [5, 5.41) is 16.4. The van der Waals surface area contributed by atoms with Crippen molar-refractivity contribution in [2.24, 2.45) is 11.5 Å². The molecule has 0 saturated heterocycles. The van der Waals surface area contributed by atoms with Crippen LogP contribution in [0.3, 0.4) is 0 Å². The Kier molecular flexibility index (Phi) is 12.2. The zero-order valence-electron chi connectivity index (χ0n) is 22.1. The molecule has 0 spiro atoms.